The van der Waals surface area contributed by atoms with Crippen molar-refractivity contribution in [2.45, 2.75) is 58.6 Å². The van der Waals surface area contributed by atoms with Crippen LogP contribution in [0.15, 0.2) is 0 Å². The fourth-order valence-corrected chi connectivity index (χ4v) is 1.14. The molecule has 0 aliphatic carbocycles. The molecule has 0 rings (SSSR count). The van der Waals surface area contributed by atoms with Gasteiger partial charge in [-0.25, -0.2) is 9.59 Å². The Morgan fingerprint density at radius 1 is 1.35 bits per heavy atom. The van der Waals surface area contributed by atoms with Crippen LogP contribution in [0.25, 0.3) is 0 Å². The molecule has 7 nitrogen and oxygen atoms in total. The minimum absolute atomic E-state index is 0.0611. The molecule has 7 heteroatoms. The predicted molar refractivity (Wildman–Crippen MR) is 71.3 cm³/mol. The number of amides is 1. The van der Waals surface area contributed by atoms with Crippen molar-refractivity contribution in [2.75, 3.05) is 6.61 Å². The third kappa shape index (κ3) is 9.18. The van der Waals surface area contributed by atoms with Gasteiger partial charge >= 0.3 is 18.0 Å². The maximum Gasteiger partial charge on any atom is 0.408 e. The minimum atomic E-state index is -2.41. The number of alkyl carbamates (subject to hydrolysis) is 1. The molecule has 0 aliphatic rings. The zero-order valence-electron chi connectivity index (χ0n) is 13.3. The molecule has 0 saturated heterocycles. The number of aliphatic carboxylic acids is 1. The highest BCUT2D eigenvalue weighted by molar-refractivity contribution is 5.85. The summed E-state index contributed by atoms with van der Waals surface area (Å²) in [6.45, 7) is 6.77. The van der Waals surface area contributed by atoms with Gasteiger partial charge < -0.3 is 19.9 Å². The van der Waals surface area contributed by atoms with Crippen LogP contribution in [0.5, 0.6) is 0 Å². The summed E-state index contributed by atoms with van der Waals surface area (Å²) in [5.41, 5.74) is -0.833. The Morgan fingerprint density at radius 3 is 2.40 bits per heavy atom. The average molecular weight is 291 g/mol. The van der Waals surface area contributed by atoms with E-state index in [1.165, 1.54) is 0 Å². The SMILES string of the molecule is [3H][C@@](CC(=O)O)(NC(=O)OC(C)(C)C)C(=O)OCCCC. The lowest BCUT2D eigenvalue weighted by Gasteiger charge is -2.22. The van der Waals surface area contributed by atoms with Crippen molar-refractivity contribution >= 4 is 18.0 Å². The van der Waals surface area contributed by atoms with E-state index in [2.05, 4.69) is 0 Å². The summed E-state index contributed by atoms with van der Waals surface area (Å²) in [7, 11) is 0. The Labute approximate surface area is 120 Å². The predicted octanol–water partition coefficient (Wildman–Crippen LogP) is 1.70. The van der Waals surface area contributed by atoms with E-state index in [0.717, 1.165) is 6.42 Å². The van der Waals surface area contributed by atoms with E-state index in [-0.39, 0.29) is 6.61 Å². The fraction of sp³-hybridized carbons (Fsp3) is 0.769. The second kappa shape index (κ2) is 8.39. The molecule has 1 amide bonds. The number of rotatable bonds is 7. The monoisotopic (exact) mass is 291 g/mol. The topological polar surface area (TPSA) is 102 Å². The van der Waals surface area contributed by atoms with Crippen LogP contribution in [0.1, 0.15) is 48.3 Å². The molecule has 20 heavy (non-hydrogen) atoms. The molecule has 0 aromatic rings. The fourth-order valence-electron chi connectivity index (χ4n) is 1.14. The van der Waals surface area contributed by atoms with Gasteiger partial charge in [-0.3, -0.25) is 4.79 Å². The maximum atomic E-state index is 11.8. The van der Waals surface area contributed by atoms with Crippen molar-refractivity contribution in [3.63, 3.8) is 0 Å². The third-order valence-corrected chi connectivity index (χ3v) is 1.96. The van der Waals surface area contributed by atoms with Crippen LogP contribution in [-0.2, 0) is 19.1 Å². The standard InChI is InChI=1S/C13H23NO6/c1-5-6-7-19-11(17)9(8-10(15)16)14-12(18)20-13(2,3)4/h9H,5-8H2,1-4H3,(H,14,18)(H,15,16)/t9-/m0/s1/i9T. The van der Waals surface area contributed by atoms with Gasteiger partial charge in [-0.05, 0) is 27.2 Å². The lowest BCUT2D eigenvalue weighted by Crippen LogP contribution is -2.45. The Morgan fingerprint density at radius 2 is 1.95 bits per heavy atom. The van der Waals surface area contributed by atoms with Crippen LogP contribution in [-0.4, -0.2) is 41.4 Å². The molecule has 116 valence electrons. The van der Waals surface area contributed by atoms with Crippen LogP contribution in [0.3, 0.4) is 0 Å². The van der Waals surface area contributed by atoms with E-state index >= 15 is 0 Å². The van der Waals surface area contributed by atoms with Crippen molar-refractivity contribution in [3.8, 4) is 0 Å². The average Bonchev–Trinajstić information content (AvgIpc) is 2.24. The molecule has 0 unspecified atom stereocenters. The second-order valence-corrected chi connectivity index (χ2v) is 5.17. The number of carbonyl (C=O) groups excluding carboxylic acids is 2. The first kappa shape index (κ1) is 16.3. The Hall–Kier alpha value is -1.79. The van der Waals surface area contributed by atoms with Gasteiger partial charge in [-0.1, -0.05) is 13.3 Å². The molecular weight excluding hydrogens is 266 g/mol. The van der Waals surface area contributed by atoms with Gasteiger partial charge in [-0.15, -0.1) is 0 Å². The van der Waals surface area contributed by atoms with Crippen LogP contribution in [0.2, 0.25) is 0 Å². The summed E-state index contributed by atoms with van der Waals surface area (Å²) < 4.78 is 17.6. The number of carboxylic acid groups (broad SMARTS) is 1. The summed E-state index contributed by atoms with van der Waals surface area (Å²) >= 11 is 0. The molecule has 0 aliphatic heterocycles. The van der Waals surface area contributed by atoms with E-state index in [9.17, 15) is 14.4 Å². The van der Waals surface area contributed by atoms with Crippen LogP contribution < -0.4 is 5.32 Å². The number of nitrogens with one attached hydrogen (secondary N) is 1. The maximum absolute atomic E-state index is 11.8. The number of hydrogen-bond donors (Lipinski definition) is 2. The molecule has 0 spiro atoms. The minimum Gasteiger partial charge on any atom is -0.481 e. The highest BCUT2D eigenvalue weighted by atomic mass is 16.6. The largest absolute Gasteiger partial charge is 0.481 e. The van der Waals surface area contributed by atoms with Crippen molar-refractivity contribution in [1.29, 1.82) is 0 Å². The normalized spacial score (nSPS) is 14.7. The van der Waals surface area contributed by atoms with E-state index in [1.54, 1.807) is 20.8 Å². The number of hydrogen-bond acceptors (Lipinski definition) is 5. The van der Waals surface area contributed by atoms with Gasteiger partial charge in [-0.2, -0.15) is 0 Å². The summed E-state index contributed by atoms with van der Waals surface area (Å²) in [5, 5.41) is 10.8. The summed E-state index contributed by atoms with van der Waals surface area (Å²) in [6.07, 6.45) is -0.610. The quantitative estimate of drug-likeness (QED) is 0.546. The van der Waals surface area contributed by atoms with Crippen LogP contribution >= 0.6 is 0 Å². The molecule has 0 aromatic heterocycles. The number of carboxylic acids is 1. The molecule has 0 bridgehead atoms. The Kier molecular flexibility index (Phi) is 6.83. The van der Waals surface area contributed by atoms with E-state index in [0.29, 0.717) is 6.42 Å². The number of carbonyl (C=O) groups is 3. The Bertz CT molecular complexity index is 393. The van der Waals surface area contributed by atoms with Gasteiger partial charge in [0.1, 0.15) is 11.6 Å². The molecule has 1 atom stereocenters. The highest BCUT2D eigenvalue weighted by Gasteiger charge is 2.27. The van der Waals surface area contributed by atoms with Crippen molar-refractivity contribution < 1.29 is 30.3 Å². The van der Waals surface area contributed by atoms with Gasteiger partial charge in [0.2, 0.25) is 0 Å². The molecule has 0 aromatic carbocycles. The number of esters is 1. The molecule has 2 N–H and O–H groups in total. The first-order chi connectivity index (χ1) is 9.50. The van der Waals surface area contributed by atoms with Gasteiger partial charge in [0, 0.05) is 0 Å². The summed E-state index contributed by atoms with van der Waals surface area (Å²) in [4.78, 5) is 34.3. The van der Waals surface area contributed by atoms with Crippen LogP contribution in [0.4, 0.5) is 4.79 Å². The first-order valence-corrected chi connectivity index (χ1v) is 6.40. The molecule has 0 fully saturated rings. The van der Waals surface area contributed by atoms with Gasteiger partial charge in [0.05, 0.1) is 14.4 Å². The van der Waals surface area contributed by atoms with E-state index in [4.69, 9.17) is 16.0 Å². The smallest absolute Gasteiger partial charge is 0.408 e. The third-order valence-electron chi connectivity index (χ3n) is 1.96. The van der Waals surface area contributed by atoms with E-state index < -0.39 is 36.1 Å². The molecule has 0 heterocycles. The van der Waals surface area contributed by atoms with Gasteiger partial charge in [0.25, 0.3) is 0 Å². The van der Waals surface area contributed by atoms with E-state index in [1.807, 2.05) is 12.2 Å². The molecule has 0 radical (unpaired) electrons. The summed E-state index contributed by atoms with van der Waals surface area (Å²) in [6, 6.07) is -2.41. The van der Waals surface area contributed by atoms with Crippen LogP contribution in [0, 0.1) is 0 Å². The highest BCUT2D eigenvalue weighted by Crippen LogP contribution is 2.08. The zero-order chi connectivity index (χ0) is 16.7. The molecular formula is C13H23NO6. The Balaban J connectivity index is 4.86. The number of unbranched alkanes of at least 4 members (excludes halogenated alkanes) is 1. The number of ether oxygens (including phenoxy) is 2. The van der Waals surface area contributed by atoms with Crippen molar-refractivity contribution in [2.24, 2.45) is 0 Å². The lowest BCUT2D eigenvalue weighted by atomic mass is 10.2. The molecule has 0 saturated carbocycles. The summed E-state index contributed by atoms with van der Waals surface area (Å²) in [5.74, 6) is -2.53. The lowest BCUT2D eigenvalue weighted by molar-refractivity contribution is -0.150. The van der Waals surface area contributed by atoms with Crippen molar-refractivity contribution in [1.82, 2.24) is 5.32 Å². The first-order valence-electron chi connectivity index (χ1n) is 6.90. The van der Waals surface area contributed by atoms with Gasteiger partial charge in [0.15, 0.2) is 0 Å². The zero-order valence-corrected chi connectivity index (χ0v) is 12.3. The second-order valence-electron chi connectivity index (χ2n) is 5.17. The van der Waals surface area contributed by atoms with Crippen molar-refractivity contribution in [3.05, 3.63) is 0 Å².